The number of halogens is 9. The second kappa shape index (κ2) is 9.30. The summed E-state index contributed by atoms with van der Waals surface area (Å²) in [5, 5.41) is 8.93. The van der Waals surface area contributed by atoms with Crippen LogP contribution in [-0.2, 0) is 19.3 Å². The van der Waals surface area contributed by atoms with Gasteiger partial charge in [0.2, 0.25) is 0 Å². The van der Waals surface area contributed by atoms with Gasteiger partial charge in [-0.25, -0.2) is 8.78 Å². The summed E-state index contributed by atoms with van der Waals surface area (Å²) in [5.74, 6) is -2.26. The monoisotopic (exact) mass is 591 g/mol. The third kappa shape index (κ3) is 4.41. The molecule has 1 aliphatic carbocycles. The van der Waals surface area contributed by atoms with E-state index >= 15 is 0 Å². The predicted molar refractivity (Wildman–Crippen MR) is 129 cm³/mol. The highest BCUT2D eigenvalue weighted by molar-refractivity contribution is 6.30. The zero-order valence-electron chi connectivity index (χ0n) is 20.8. The van der Waals surface area contributed by atoms with Crippen LogP contribution in [0.1, 0.15) is 54.4 Å². The molecular weight excluding hydrogens is 570 g/mol. The number of nitrogens with zero attached hydrogens (tertiary/aromatic N) is 5. The minimum absolute atomic E-state index is 0.00471. The van der Waals surface area contributed by atoms with E-state index in [0.717, 1.165) is 0 Å². The van der Waals surface area contributed by atoms with Crippen molar-refractivity contribution >= 4 is 17.3 Å². The van der Waals surface area contributed by atoms with Crippen molar-refractivity contribution in [3.63, 3.8) is 0 Å². The summed E-state index contributed by atoms with van der Waals surface area (Å²) in [4.78, 5) is 2.60. The molecule has 1 saturated heterocycles. The van der Waals surface area contributed by atoms with E-state index in [1.165, 1.54) is 9.80 Å². The first-order chi connectivity index (χ1) is 18.8. The molecule has 2 fully saturated rings. The zero-order chi connectivity index (χ0) is 28.6. The van der Waals surface area contributed by atoms with Gasteiger partial charge in [0, 0.05) is 30.6 Å². The van der Waals surface area contributed by atoms with Gasteiger partial charge in [0.05, 0.1) is 17.8 Å². The fourth-order valence-corrected chi connectivity index (χ4v) is 6.10. The van der Waals surface area contributed by atoms with Crippen LogP contribution in [0.5, 0.6) is 0 Å². The van der Waals surface area contributed by atoms with Crippen LogP contribution in [0.15, 0.2) is 30.3 Å². The fraction of sp³-hybridized carbons (Fsp3) is 0.462. The van der Waals surface area contributed by atoms with Crippen LogP contribution in [0.25, 0.3) is 5.69 Å². The van der Waals surface area contributed by atoms with Crippen LogP contribution in [0.2, 0.25) is 5.02 Å². The van der Waals surface area contributed by atoms with Crippen LogP contribution >= 0.6 is 11.6 Å². The molecule has 0 spiro atoms. The molecular formula is C26H22ClF8N5. The van der Waals surface area contributed by atoms with Crippen molar-refractivity contribution in [2.75, 3.05) is 18.0 Å². The Bertz CT molecular complexity index is 1450. The molecule has 0 atom stereocenters. The maximum Gasteiger partial charge on any atom is 0.419 e. The first kappa shape index (κ1) is 27.3. The van der Waals surface area contributed by atoms with Crippen LogP contribution in [0.3, 0.4) is 0 Å². The van der Waals surface area contributed by atoms with E-state index in [9.17, 15) is 35.1 Å². The lowest BCUT2D eigenvalue weighted by molar-refractivity contribution is -0.200. The first-order valence-electron chi connectivity index (χ1n) is 12.6. The highest BCUT2D eigenvalue weighted by atomic mass is 35.5. The van der Waals surface area contributed by atoms with Gasteiger partial charge in [-0.1, -0.05) is 11.6 Å². The Morgan fingerprint density at radius 1 is 0.900 bits per heavy atom. The van der Waals surface area contributed by atoms with E-state index in [0.29, 0.717) is 40.1 Å². The van der Waals surface area contributed by atoms with Crippen molar-refractivity contribution in [3.05, 3.63) is 69.8 Å². The first-order valence-corrected chi connectivity index (χ1v) is 13.0. The molecule has 3 aliphatic rings. The third-order valence-electron chi connectivity index (χ3n) is 8.14. The molecule has 214 valence electrons. The van der Waals surface area contributed by atoms with Crippen molar-refractivity contribution in [3.8, 4) is 5.69 Å². The fourth-order valence-electron chi connectivity index (χ4n) is 5.90. The summed E-state index contributed by atoms with van der Waals surface area (Å²) in [6.07, 6.45) is -8.87. The largest absolute Gasteiger partial charge is 0.419 e. The van der Waals surface area contributed by atoms with Gasteiger partial charge in [-0.15, -0.1) is 10.2 Å². The second-order valence-corrected chi connectivity index (χ2v) is 10.9. The van der Waals surface area contributed by atoms with Crippen LogP contribution in [0.4, 0.5) is 40.8 Å². The predicted octanol–water partition coefficient (Wildman–Crippen LogP) is 7.01. The second-order valence-electron chi connectivity index (χ2n) is 10.5. The number of anilines is 1. The summed E-state index contributed by atoms with van der Waals surface area (Å²) in [6, 6.07) is 5.93. The minimum atomic E-state index is -4.97. The summed E-state index contributed by atoms with van der Waals surface area (Å²) in [7, 11) is 0. The number of aromatic nitrogens is 3. The average molecular weight is 592 g/mol. The van der Waals surface area contributed by atoms with Gasteiger partial charge < -0.3 is 4.90 Å². The Morgan fingerprint density at radius 2 is 1.60 bits per heavy atom. The van der Waals surface area contributed by atoms with Crippen molar-refractivity contribution in [1.82, 2.24) is 19.7 Å². The number of piperidine rings is 1. The molecule has 40 heavy (non-hydrogen) atoms. The van der Waals surface area contributed by atoms with Crippen LogP contribution < -0.4 is 4.90 Å². The molecule has 0 amide bonds. The third-order valence-corrected chi connectivity index (χ3v) is 8.37. The molecule has 3 heterocycles. The average Bonchev–Trinajstić information content (AvgIpc) is 3.62. The van der Waals surface area contributed by atoms with E-state index in [4.69, 9.17) is 11.6 Å². The van der Waals surface area contributed by atoms with Crippen molar-refractivity contribution in [2.45, 2.75) is 62.6 Å². The molecule has 14 heteroatoms. The summed E-state index contributed by atoms with van der Waals surface area (Å²) in [6.45, 7) is -0.0132. The zero-order valence-corrected chi connectivity index (χ0v) is 21.5. The SMILES string of the molecule is Fc1ccc(C(F)(F)F)c(F)c1N1CCC(c2nnc3n2-c2ccc(Cl)cc2CN(C2(C(F)(F)F)CC2)C3)CC1. The normalized spacial score (nSPS) is 19.8. The molecule has 0 radical (unpaired) electrons. The maximum absolute atomic E-state index is 14.8. The van der Waals surface area contributed by atoms with Gasteiger partial charge in [0.25, 0.3) is 0 Å². The molecule has 1 aromatic heterocycles. The molecule has 6 rings (SSSR count). The Hall–Kier alpha value is -2.93. The smallest absolute Gasteiger partial charge is 0.367 e. The number of rotatable bonds is 3. The van der Waals surface area contributed by atoms with Gasteiger partial charge in [-0.3, -0.25) is 9.47 Å². The lowest BCUT2D eigenvalue weighted by Crippen LogP contribution is -2.47. The molecule has 0 N–H and O–H groups in total. The summed E-state index contributed by atoms with van der Waals surface area (Å²) < 4.78 is 113. The number of hydrogen-bond acceptors (Lipinski definition) is 4. The summed E-state index contributed by atoms with van der Waals surface area (Å²) in [5.41, 5.74) is -3.05. The minimum Gasteiger partial charge on any atom is -0.367 e. The quantitative estimate of drug-likeness (QED) is 0.307. The molecule has 2 aromatic carbocycles. The number of fused-ring (bicyclic) bond motifs is 3. The van der Waals surface area contributed by atoms with Gasteiger partial charge in [0.1, 0.15) is 22.9 Å². The van der Waals surface area contributed by atoms with E-state index in [2.05, 4.69) is 10.2 Å². The Balaban J connectivity index is 1.31. The standard InChI is InChI=1S/C26H22ClF8N5/c27-16-1-4-19-15(11-16)12-39(24(7-8-24)26(33,34)35)13-20-36-37-23(40(19)20)14-5-9-38(10-6-14)22-18(28)3-2-17(21(22)29)25(30,31)32/h1-4,11,14H,5-10,12-13H2. The van der Waals surface area contributed by atoms with Crippen LogP contribution in [-0.4, -0.2) is 44.5 Å². The number of hydrogen-bond donors (Lipinski definition) is 0. The molecule has 1 saturated carbocycles. The lowest BCUT2D eigenvalue weighted by Gasteiger charge is -2.34. The van der Waals surface area contributed by atoms with Gasteiger partial charge in [-0.2, -0.15) is 26.3 Å². The molecule has 0 bridgehead atoms. The van der Waals surface area contributed by atoms with E-state index < -0.39 is 40.8 Å². The van der Waals surface area contributed by atoms with Gasteiger partial charge in [0.15, 0.2) is 11.6 Å². The molecule has 3 aromatic rings. The van der Waals surface area contributed by atoms with Gasteiger partial charge >= 0.3 is 12.4 Å². The highest BCUT2D eigenvalue weighted by Crippen LogP contribution is 2.55. The lowest BCUT2D eigenvalue weighted by atomic mass is 9.94. The maximum atomic E-state index is 14.8. The van der Waals surface area contributed by atoms with Crippen LogP contribution in [0, 0.1) is 11.6 Å². The topological polar surface area (TPSA) is 37.2 Å². The van der Waals surface area contributed by atoms with E-state index in [1.54, 1.807) is 22.8 Å². The molecule has 0 unspecified atom stereocenters. The highest BCUT2D eigenvalue weighted by Gasteiger charge is 2.66. The number of benzene rings is 2. The van der Waals surface area contributed by atoms with Crippen molar-refractivity contribution in [2.24, 2.45) is 0 Å². The Kier molecular flexibility index (Phi) is 6.34. The molecule has 2 aliphatic heterocycles. The van der Waals surface area contributed by atoms with Gasteiger partial charge in [-0.05, 0) is 61.6 Å². The van der Waals surface area contributed by atoms with Crippen molar-refractivity contribution < 1.29 is 35.1 Å². The summed E-state index contributed by atoms with van der Waals surface area (Å²) >= 11 is 6.21. The number of alkyl halides is 6. The Labute approximate surface area is 228 Å². The molecule has 5 nitrogen and oxygen atoms in total. The van der Waals surface area contributed by atoms with E-state index in [-0.39, 0.29) is 57.8 Å². The van der Waals surface area contributed by atoms with Crippen molar-refractivity contribution in [1.29, 1.82) is 0 Å². The van der Waals surface area contributed by atoms with E-state index in [1.807, 2.05) is 0 Å². The Morgan fingerprint density at radius 3 is 2.23 bits per heavy atom.